The fraction of sp³-hybridized carbons (Fsp3) is 0.417. The van der Waals surface area contributed by atoms with Crippen molar-refractivity contribution >= 4 is 34.9 Å². The zero-order valence-corrected chi connectivity index (χ0v) is 11.8. The van der Waals surface area contributed by atoms with Crippen LogP contribution < -0.4 is 5.32 Å². The van der Waals surface area contributed by atoms with Crippen LogP contribution in [0.15, 0.2) is 18.2 Å². The van der Waals surface area contributed by atoms with Gasteiger partial charge in [-0.1, -0.05) is 0 Å². The summed E-state index contributed by atoms with van der Waals surface area (Å²) in [5, 5.41) is 23.4. The van der Waals surface area contributed by atoms with Crippen molar-refractivity contribution in [3.8, 4) is 6.07 Å². The topological polar surface area (TPSA) is 79.0 Å². The minimum Gasteiger partial charge on any atom is -0.378 e. The van der Waals surface area contributed by atoms with Gasteiger partial charge in [0, 0.05) is 35.1 Å². The predicted octanol–water partition coefficient (Wildman–Crippen LogP) is 2.73. The van der Waals surface area contributed by atoms with Crippen molar-refractivity contribution in [3.63, 3.8) is 0 Å². The summed E-state index contributed by atoms with van der Waals surface area (Å²) in [6.07, 6.45) is 0. The number of benzene rings is 1. The summed E-state index contributed by atoms with van der Waals surface area (Å²) in [5.74, 6) is 3.35. The number of nitrogens with one attached hydrogen (secondary N) is 1. The van der Waals surface area contributed by atoms with Crippen LogP contribution in [0.25, 0.3) is 0 Å². The van der Waals surface area contributed by atoms with Gasteiger partial charge < -0.3 is 5.32 Å². The molecule has 0 amide bonds. The normalized spacial score (nSPS) is 18.6. The van der Waals surface area contributed by atoms with Gasteiger partial charge in [-0.15, -0.1) is 0 Å². The average molecular weight is 295 g/mol. The molecule has 0 aromatic heterocycles. The van der Waals surface area contributed by atoms with Crippen LogP contribution >= 0.6 is 23.5 Å². The van der Waals surface area contributed by atoms with E-state index in [9.17, 15) is 10.1 Å². The van der Waals surface area contributed by atoms with Gasteiger partial charge >= 0.3 is 0 Å². The van der Waals surface area contributed by atoms with Gasteiger partial charge in [0.05, 0.1) is 16.6 Å². The standard InChI is InChI=1S/C12H13N3O2S2/c13-6-9-1-2-12(15(16)17)11(5-9)14-7-10-8-18-3-4-19-10/h1-2,5,10,14H,3-4,7-8H2. The molecule has 1 heterocycles. The maximum Gasteiger partial charge on any atom is 0.292 e. The highest BCUT2D eigenvalue weighted by Gasteiger charge is 2.18. The molecule has 1 aliphatic rings. The number of anilines is 1. The number of nitrogens with zero attached hydrogens (tertiary/aromatic N) is 2. The highest BCUT2D eigenvalue weighted by Crippen LogP contribution is 2.28. The largest absolute Gasteiger partial charge is 0.378 e. The van der Waals surface area contributed by atoms with E-state index in [0.29, 0.717) is 23.0 Å². The molecule has 5 nitrogen and oxygen atoms in total. The SMILES string of the molecule is N#Cc1ccc([N+](=O)[O-])c(NCC2CSCCS2)c1. The van der Waals surface area contributed by atoms with E-state index in [1.807, 2.05) is 29.6 Å². The fourth-order valence-electron chi connectivity index (χ4n) is 1.78. The summed E-state index contributed by atoms with van der Waals surface area (Å²) < 4.78 is 0. The van der Waals surface area contributed by atoms with Gasteiger partial charge in [0.15, 0.2) is 0 Å². The lowest BCUT2D eigenvalue weighted by Crippen LogP contribution is -2.23. The number of nitro groups is 1. The van der Waals surface area contributed by atoms with Crippen LogP contribution in [0, 0.1) is 21.4 Å². The molecule has 100 valence electrons. The number of hydrogen-bond donors (Lipinski definition) is 1. The summed E-state index contributed by atoms with van der Waals surface area (Å²) in [7, 11) is 0. The molecule has 1 fully saturated rings. The highest BCUT2D eigenvalue weighted by molar-refractivity contribution is 8.06. The quantitative estimate of drug-likeness (QED) is 0.679. The molecule has 0 aliphatic carbocycles. The lowest BCUT2D eigenvalue weighted by atomic mass is 10.2. The number of nitro benzene ring substituents is 1. The zero-order valence-electron chi connectivity index (χ0n) is 10.2. The molecule has 1 unspecified atom stereocenters. The monoisotopic (exact) mass is 295 g/mol. The molecular weight excluding hydrogens is 282 g/mol. The smallest absolute Gasteiger partial charge is 0.292 e. The molecule has 0 saturated carbocycles. The van der Waals surface area contributed by atoms with Crippen molar-refractivity contribution in [2.24, 2.45) is 0 Å². The van der Waals surface area contributed by atoms with Gasteiger partial charge in [0.25, 0.3) is 5.69 Å². The van der Waals surface area contributed by atoms with E-state index >= 15 is 0 Å². The lowest BCUT2D eigenvalue weighted by molar-refractivity contribution is -0.384. The van der Waals surface area contributed by atoms with E-state index in [1.165, 1.54) is 17.9 Å². The van der Waals surface area contributed by atoms with E-state index in [-0.39, 0.29) is 5.69 Å². The molecule has 1 aromatic carbocycles. The van der Waals surface area contributed by atoms with Crippen LogP contribution in [0.5, 0.6) is 0 Å². The highest BCUT2D eigenvalue weighted by atomic mass is 32.2. The number of thioether (sulfide) groups is 2. The number of hydrogen-bond acceptors (Lipinski definition) is 6. The first-order valence-corrected chi connectivity index (χ1v) is 8.03. The first kappa shape index (κ1) is 14.0. The Morgan fingerprint density at radius 1 is 1.53 bits per heavy atom. The van der Waals surface area contributed by atoms with Crippen LogP contribution in [0.2, 0.25) is 0 Å². The van der Waals surface area contributed by atoms with Gasteiger partial charge in [-0.3, -0.25) is 10.1 Å². The van der Waals surface area contributed by atoms with E-state index in [0.717, 1.165) is 11.5 Å². The Kier molecular flexibility index (Phi) is 4.93. The summed E-state index contributed by atoms with van der Waals surface area (Å²) in [5.41, 5.74) is 0.881. The Labute approximate surface area is 119 Å². The van der Waals surface area contributed by atoms with Crippen molar-refractivity contribution in [3.05, 3.63) is 33.9 Å². The number of rotatable bonds is 4. The van der Waals surface area contributed by atoms with E-state index in [1.54, 1.807) is 6.07 Å². The van der Waals surface area contributed by atoms with Crippen LogP contribution in [-0.2, 0) is 0 Å². The van der Waals surface area contributed by atoms with Gasteiger partial charge in [0.1, 0.15) is 5.69 Å². The van der Waals surface area contributed by atoms with Gasteiger partial charge in [-0.2, -0.15) is 28.8 Å². The van der Waals surface area contributed by atoms with Gasteiger partial charge in [0.2, 0.25) is 0 Å². The minimum absolute atomic E-state index is 0.0208. The Balaban J connectivity index is 2.08. The molecule has 1 atom stereocenters. The summed E-state index contributed by atoms with van der Waals surface area (Å²) in [4.78, 5) is 10.5. The van der Waals surface area contributed by atoms with E-state index in [2.05, 4.69) is 5.32 Å². The van der Waals surface area contributed by atoms with Gasteiger partial charge in [-0.25, -0.2) is 0 Å². The van der Waals surface area contributed by atoms with E-state index < -0.39 is 4.92 Å². The van der Waals surface area contributed by atoms with Crippen molar-refractivity contribution < 1.29 is 4.92 Å². The van der Waals surface area contributed by atoms with Crippen molar-refractivity contribution in [2.75, 3.05) is 29.1 Å². The molecule has 19 heavy (non-hydrogen) atoms. The molecule has 0 spiro atoms. The molecule has 1 N–H and O–H groups in total. The first-order valence-electron chi connectivity index (χ1n) is 5.82. The van der Waals surface area contributed by atoms with Crippen LogP contribution in [-0.4, -0.2) is 34.0 Å². The molecule has 0 bridgehead atoms. The maximum absolute atomic E-state index is 10.9. The number of nitriles is 1. The lowest BCUT2D eigenvalue weighted by Gasteiger charge is -2.21. The third-order valence-electron chi connectivity index (χ3n) is 2.73. The first-order chi connectivity index (χ1) is 9.20. The van der Waals surface area contributed by atoms with Gasteiger partial charge in [-0.05, 0) is 12.1 Å². The van der Waals surface area contributed by atoms with E-state index in [4.69, 9.17) is 5.26 Å². The molecular formula is C12H13N3O2S2. The van der Waals surface area contributed by atoms with Crippen molar-refractivity contribution in [2.45, 2.75) is 5.25 Å². The predicted molar refractivity (Wildman–Crippen MR) is 79.9 cm³/mol. The molecule has 1 aliphatic heterocycles. The third-order valence-corrected chi connectivity index (χ3v) is 5.57. The Bertz CT molecular complexity index is 510. The van der Waals surface area contributed by atoms with Crippen LogP contribution in [0.3, 0.4) is 0 Å². The van der Waals surface area contributed by atoms with Crippen molar-refractivity contribution in [1.82, 2.24) is 0 Å². The third kappa shape index (κ3) is 3.78. The molecule has 2 rings (SSSR count). The Morgan fingerprint density at radius 3 is 3.00 bits per heavy atom. The van der Waals surface area contributed by atoms with Crippen LogP contribution in [0.1, 0.15) is 5.56 Å². The maximum atomic E-state index is 10.9. The van der Waals surface area contributed by atoms with Crippen molar-refractivity contribution in [1.29, 1.82) is 5.26 Å². The Hall–Kier alpha value is -1.39. The molecule has 1 saturated heterocycles. The second-order valence-corrected chi connectivity index (χ2v) is 6.61. The minimum atomic E-state index is -0.424. The fourth-order valence-corrected chi connectivity index (χ4v) is 4.40. The second-order valence-electron chi connectivity index (χ2n) is 4.05. The van der Waals surface area contributed by atoms with Crippen LogP contribution in [0.4, 0.5) is 11.4 Å². The molecule has 1 aromatic rings. The Morgan fingerprint density at radius 2 is 2.37 bits per heavy atom. The summed E-state index contributed by atoms with van der Waals surface area (Å²) in [6, 6.07) is 6.39. The summed E-state index contributed by atoms with van der Waals surface area (Å²) >= 11 is 3.80. The summed E-state index contributed by atoms with van der Waals surface area (Å²) in [6.45, 7) is 0.688. The molecule has 7 heteroatoms. The average Bonchev–Trinajstić information content (AvgIpc) is 2.45. The second kappa shape index (κ2) is 6.68. The zero-order chi connectivity index (χ0) is 13.7. The molecule has 0 radical (unpaired) electrons.